The molecule has 1 aromatic rings. The van der Waals surface area contributed by atoms with E-state index in [1.807, 2.05) is 0 Å². The lowest BCUT2D eigenvalue weighted by Crippen LogP contribution is -2.33. The summed E-state index contributed by atoms with van der Waals surface area (Å²) in [4.78, 5) is 34.6. The molecule has 0 radical (unpaired) electrons. The molecule has 1 rings (SSSR count). The fraction of sp³-hybridized carbons (Fsp3) is 0.471. The van der Waals surface area contributed by atoms with Gasteiger partial charge in [0.25, 0.3) is 0 Å². The van der Waals surface area contributed by atoms with Crippen molar-refractivity contribution in [1.82, 2.24) is 5.32 Å². The van der Waals surface area contributed by atoms with Crippen molar-refractivity contribution in [3.05, 3.63) is 35.6 Å². The Bertz CT molecular complexity index is 595. The lowest BCUT2D eigenvalue weighted by atomic mass is 10.1. The van der Waals surface area contributed by atoms with Crippen LogP contribution in [0.3, 0.4) is 0 Å². The smallest absolute Gasteiger partial charge is 0.407 e. The number of amides is 1. The molecule has 0 fully saturated rings. The lowest BCUT2D eigenvalue weighted by Gasteiger charge is -2.19. The molecule has 0 aliphatic heterocycles. The van der Waals surface area contributed by atoms with Crippen LogP contribution in [0.4, 0.5) is 9.18 Å². The van der Waals surface area contributed by atoms with Crippen LogP contribution >= 0.6 is 0 Å². The summed E-state index contributed by atoms with van der Waals surface area (Å²) in [6, 6.07) is 5.16. The molecule has 0 aliphatic rings. The number of ketones is 1. The minimum atomic E-state index is -0.583. The van der Waals surface area contributed by atoms with Crippen molar-refractivity contribution < 1.29 is 28.2 Å². The van der Waals surface area contributed by atoms with Gasteiger partial charge in [0.2, 0.25) is 0 Å². The standard InChI is InChI=1S/C17H22FNO5/c1-17(2,3)24-16(22)19-9-5-8-15(21)23-11-14(20)12-6-4-7-13(18)10-12/h4,6-7,10H,5,8-9,11H2,1-3H3,(H,19,22). The van der Waals surface area contributed by atoms with E-state index in [-0.39, 0.29) is 18.5 Å². The Kier molecular flexibility index (Phi) is 7.35. The van der Waals surface area contributed by atoms with Crippen LogP contribution in [0, 0.1) is 5.82 Å². The van der Waals surface area contributed by atoms with Crippen LogP contribution in [-0.2, 0) is 14.3 Å². The minimum absolute atomic E-state index is 0.0478. The molecule has 0 atom stereocenters. The average Bonchev–Trinajstić information content (AvgIpc) is 2.47. The first-order valence-corrected chi connectivity index (χ1v) is 7.58. The molecular formula is C17H22FNO5. The number of carbonyl (C=O) groups excluding carboxylic acids is 3. The number of ether oxygens (including phenoxy) is 2. The van der Waals surface area contributed by atoms with E-state index in [1.54, 1.807) is 20.8 Å². The predicted octanol–water partition coefficient (Wildman–Crippen LogP) is 2.86. The van der Waals surface area contributed by atoms with Crippen molar-refractivity contribution in [2.24, 2.45) is 0 Å². The van der Waals surface area contributed by atoms with Gasteiger partial charge < -0.3 is 14.8 Å². The highest BCUT2D eigenvalue weighted by molar-refractivity contribution is 5.97. The normalized spacial score (nSPS) is 10.8. The highest BCUT2D eigenvalue weighted by atomic mass is 19.1. The van der Waals surface area contributed by atoms with Crippen LogP contribution in [0.15, 0.2) is 24.3 Å². The zero-order chi connectivity index (χ0) is 18.2. The molecule has 1 N–H and O–H groups in total. The van der Waals surface area contributed by atoms with E-state index in [4.69, 9.17) is 9.47 Å². The summed E-state index contributed by atoms with van der Waals surface area (Å²) in [6.07, 6.45) is -0.157. The first-order chi connectivity index (χ1) is 11.2. The molecule has 6 nitrogen and oxygen atoms in total. The van der Waals surface area contributed by atoms with Gasteiger partial charge in [-0.2, -0.15) is 0 Å². The lowest BCUT2D eigenvalue weighted by molar-refractivity contribution is -0.142. The molecular weight excluding hydrogens is 317 g/mol. The molecule has 1 amide bonds. The van der Waals surface area contributed by atoms with Gasteiger partial charge in [-0.1, -0.05) is 12.1 Å². The summed E-state index contributed by atoms with van der Waals surface area (Å²) >= 11 is 0. The number of alkyl carbamates (subject to hydrolysis) is 1. The third kappa shape index (κ3) is 8.26. The summed E-state index contributed by atoms with van der Waals surface area (Å²) in [5, 5.41) is 2.51. The van der Waals surface area contributed by atoms with Crippen LogP contribution in [0.2, 0.25) is 0 Å². The summed E-state index contributed by atoms with van der Waals surface area (Å²) in [5.74, 6) is -1.57. The van der Waals surface area contributed by atoms with E-state index in [0.29, 0.717) is 6.42 Å². The van der Waals surface area contributed by atoms with Gasteiger partial charge in [0.1, 0.15) is 11.4 Å². The van der Waals surface area contributed by atoms with E-state index >= 15 is 0 Å². The molecule has 0 saturated heterocycles. The van der Waals surface area contributed by atoms with Gasteiger partial charge in [-0.25, -0.2) is 9.18 Å². The zero-order valence-corrected chi connectivity index (χ0v) is 14.1. The maximum atomic E-state index is 13.0. The van der Waals surface area contributed by atoms with E-state index < -0.39 is 35.9 Å². The maximum absolute atomic E-state index is 13.0. The van der Waals surface area contributed by atoms with Crippen molar-refractivity contribution in [3.63, 3.8) is 0 Å². The summed E-state index contributed by atoms with van der Waals surface area (Å²) in [5.41, 5.74) is -0.435. The number of hydrogen-bond acceptors (Lipinski definition) is 5. The average molecular weight is 339 g/mol. The third-order valence-corrected chi connectivity index (χ3v) is 2.74. The molecule has 0 aliphatic carbocycles. The van der Waals surface area contributed by atoms with Gasteiger partial charge >= 0.3 is 12.1 Å². The summed E-state index contributed by atoms with van der Waals surface area (Å²) in [6.45, 7) is 5.06. The van der Waals surface area contributed by atoms with Crippen LogP contribution in [0.1, 0.15) is 44.0 Å². The predicted molar refractivity (Wildman–Crippen MR) is 85.2 cm³/mol. The second-order valence-corrected chi connectivity index (χ2v) is 6.13. The number of hydrogen-bond donors (Lipinski definition) is 1. The van der Waals surface area contributed by atoms with Gasteiger partial charge in [0.15, 0.2) is 12.4 Å². The molecule has 1 aromatic carbocycles. The van der Waals surface area contributed by atoms with Crippen molar-refractivity contribution in [3.8, 4) is 0 Å². The monoisotopic (exact) mass is 339 g/mol. The van der Waals surface area contributed by atoms with Crippen LogP contribution in [0.25, 0.3) is 0 Å². The number of esters is 1. The fourth-order valence-corrected chi connectivity index (χ4v) is 1.70. The zero-order valence-electron chi connectivity index (χ0n) is 14.1. The van der Waals surface area contributed by atoms with Crippen LogP contribution in [-0.4, -0.2) is 36.6 Å². The van der Waals surface area contributed by atoms with Crippen molar-refractivity contribution in [2.45, 2.75) is 39.2 Å². The Morgan fingerprint density at radius 2 is 1.92 bits per heavy atom. The number of halogens is 1. The number of Topliss-reactive ketones (excluding diaryl/α,β-unsaturated/α-hetero) is 1. The molecule has 0 unspecified atom stereocenters. The molecule has 0 spiro atoms. The van der Waals surface area contributed by atoms with Gasteiger partial charge in [0.05, 0.1) is 0 Å². The molecule has 0 heterocycles. The van der Waals surface area contributed by atoms with Crippen molar-refractivity contribution in [2.75, 3.05) is 13.2 Å². The van der Waals surface area contributed by atoms with Gasteiger partial charge in [-0.15, -0.1) is 0 Å². The Morgan fingerprint density at radius 3 is 2.54 bits per heavy atom. The first-order valence-electron chi connectivity index (χ1n) is 7.58. The fourth-order valence-electron chi connectivity index (χ4n) is 1.70. The highest BCUT2D eigenvalue weighted by Crippen LogP contribution is 2.07. The van der Waals surface area contributed by atoms with Gasteiger partial charge in [0, 0.05) is 18.5 Å². The summed E-state index contributed by atoms with van der Waals surface area (Å²) in [7, 11) is 0. The highest BCUT2D eigenvalue weighted by Gasteiger charge is 2.16. The summed E-state index contributed by atoms with van der Waals surface area (Å²) < 4.78 is 22.9. The largest absolute Gasteiger partial charge is 0.457 e. The topological polar surface area (TPSA) is 81.7 Å². The molecule has 24 heavy (non-hydrogen) atoms. The Morgan fingerprint density at radius 1 is 1.21 bits per heavy atom. The Labute approximate surface area is 140 Å². The van der Waals surface area contributed by atoms with E-state index in [9.17, 15) is 18.8 Å². The number of rotatable bonds is 7. The van der Waals surface area contributed by atoms with Crippen molar-refractivity contribution in [1.29, 1.82) is 0 Å². The third-order valence-electron chi connectivity index (χ3n) is 2.74. The van der Waals surface area contributed by atoms with Gasteiger partial charge in [-0.3, -0.25) is 9.59 Å². The van der Waals surface area contributed by atoms with Crippen LogP contribution < -0.4 is 5.32 Å². The van der Waals surface area contributed by atoms with Crippen LogP contribution in [0.5, 0.6) is 0 Å². The molecule has 7 heteroatoms. The van der Waals surface area contributed by atoms with Gasteiger partial charge in [-0.05, 0) is 39.3 Å². The number of nitrogens with one attached hydrogen (secondary N) is 1. The Balaban J connectivity index is 2.20. The maximum Gasteiger partial charge on any atom is 0.407 e. The quantitative estimate of drug-likeness (QED) is 0.469. The molecule has 0 bridgehead atoms. The molecule has 132 valence electrons. The molecule has 0 saturated carbocycles. The second-order valence-electron chi connectivity index (χ2n) is 6.13. The second kappa shape index (κ2) is 9.00. The van der Waals surface area contributed by atoms with Crippen molar-refractivity contribution >= 4 is 17.8 Å². The Hall–Kier alpha value is -2.44. The molecule has 0 aromatic heterocycles. The minimum Gasteiger partial charge on any atom is -0.457 e. The SMILES string of the molecule is CC(C)(C)OC(=O)NCCCC(=O)OCC(=O)c1cccc(F)c1. The van der Waals surface area contributed by atoms with E-state index in [0.717, 1.165) is 6.07 Å². The number of benzene rings is 1. The van der Waals surface area contributed by atoms with E-state index in [1.165, 1.54) is 18.2 Å². The van der Waals surface area contributed by atoms with E-state index in [2.05, 4.69) is 5.32 Å². The first kappa shape index (κ1) is 19.6. The number of carbonyl (C=O) groups is 3.